The minimum absolute atomic E-state index is 0.0607. The van der Waals surface area contributed by atoms with Crippen molar-refractivity contribution in [3.8, 4) is 0 Å². The van der Waals surface area contributed by atoms with Crippen LogP contribution < -0.4 is 5.32 Å². The van der Waals surface area contributed by atoms with Crippen LogP contribution in [-0.4, -0.2) is 17.4 Å². The molecule has 1 N–H and O–H groups in total. The lowest BCUT2D eigenvalue weighted by Crippen LogP contribution is -2.11. The molecule has 1 fully saturated rings. The van der Waals surface area contributed by atoms with Gasteiger partial charge in [0.2, 0.25) is 0 Å². The van der Waals surface area contributed by atoms with Crippen molar-refractivity contribution < 1.29 is 4.79 Å². The number of anilines is 1. The zero-order valence-electron chi connectivity index (χ0n) is 10.9. The second kappa shape index (κ2) is 6.37. The predicted molar refractivity (Wildman–Crippen MR) is 88.5 cm³/mol. The first-order valence-corrected chi connectivity index (χ1v) is 8.62. The molecule has 3 rings (SSSR count). The summed E-state index contributed by atoms with van der Waals surface area (Å²) in [5, 5.41) is 2.96. The average Bonchev–Trinajstić information content (AvgIpc) is 3.03. The van der Waals surface area contributed by atoms with E-state index in [2.05, 4.69) is 17.4 Å². The minimum atomic E-state index is -0.0607. The summed E-state index contributed by atoms with van der Waals surface area (Å²) in [6.07, 6.45) is 0. The number of thioether (sulfide) groups is 2. The molecule has 0 aromatic heterocycles. The topological polar surface area (TPSA) is 29.1 Å². The van der Waals surface area contributed by atoms with Crippen LogP contribution in [0.1, 0.15) is 20.5 Å². The first-order valence-electron chi connectivity index (χ1n) is 6.52. The maximum absolute atomic E-state index is 12.1. The molecule has 0 atom stereocenters. The van der Waals surface area contributed by atoms with Crippen molar-refractivity contribution in [2.45, 2.75) is 4.58 Å². The first-order chi connectivity index (χ1) is 9.83. The van der Waals surface area contributed by atoms with Crippen molar-refractivity contribution >= 4 is 35.1 Å². The SMILES string of the molecule is O=C(Nc1cccc(C2SCCS2)c1)c1ccccc1. The normalized spacial score (nSPS) is 15.2. The Bertz CT molecular complexity index is 594. The van der Waals surface area contributed by atoms with E-state index in [0.29, 0.717) is 10.1 Å². The Morgan fingerprint density at radius 1 is 1.00 bits per heavy atom. The molecule has 2 aromatic rings. The van der Waals surface area contributed by atoms with Crippen molar-refractivity contribution in [3.05, 3.63) is 65.7 Å². The summed E-state index contributed by atoms with van der Waals surface area (Å²) in [5.74, 6) is 2.35. The van der Waals surface area contributed by atoms with Gasteiger partial charge in [0.1, 0.15) is 0 Å². The maximum atomic E-state index is 12.1. The monoisotopic (exact) mass is 301 g/mol. The van der Waals surface area contributed by atoms with E-state index in [-0.39, 0.29) is 5.91 Å². The second-order valence-electron chi connectivity index (χ2n) is 4.52. The van der Waals surface area contributed by atoms with Crippen LogP contribution in [0, 0.1) is 0 Å². The van der Waals surface area contributed by atoms with E-state index in [4.69, 9.17) is 0 Å². The highest BCUT2D eigenvalue weighted by Crippen LogP contribution is 2.45. The van der Waals surface area contributed by atoms with Gasteiger partial charge in [-0.15, -0.1) is 23.5 Å². The highest BCUT2D eigenvalue weighted by atomic mass is 32.2. The van der Waals surface area contributed by atoms with Crippen LogP contribution >= 0.6 is 23.5 Å². The number of amides is 1. The molecule has 0 bridgehead atoms. The smallest absolute Gasteiger partial charge is 0.255 e. The van der Waals surface area contributed by atoms with Gasteiger partial charge in [0, 0.05) is 22.8 Å². The quantitative estimate of drug-likeness (QED) is 0.910. The van der Waals surface area contributed by atoms with Gasteiger partial charge in [0.25, 0.3) is 5.91 Å². The minimum Gasteiger partial charge on any atom is -0.322 e. The van der Waals surface area contributed by atoms with E-state index in [9.17, 15) is 4.79 Å². The van der Waals surface area contributed by atoms with Crippen molar-refractivity contribution in [1.82, 2.24) is 0 Å². The second-order valence-corrected chi connectivity index (χ2v) is 7.24. The third kappa shape index (κ3) is 3.19. The van der Waals surface area contributed by atoms with Gasteiger partial charge in [0.15, 0.2) is 0 Å². The molecule has 0 aliphatic carbocycles. The molecule has 0 saturated carbocycles. The van der Waals surface area contributed by atoms with E-state index in [1.807, 2.05) is 66.0 Å². The Kier molecular flexibility index (Phi) is 4.33. The van der Waals surface area contributed by atoms with E-state index in [0.717, 1.165) is 5.69 Å². The van der Waals surface area contributed by atoms with Crippen LogP contribution in [0.4, 0.5) is 5.69 Å². The van der Waals surface area contributed by atoms with Gasteiger partial charge in [-0.25, -0.2) is 0 Å². The van der Waals surface area contributed by atoms with Crippen molar-refractivity contribution in [2.75, 3.05) is 16.8 Å². The molecular formula is C16H15NOS2. The Hall–Kier alpha value is -1.39. The average molecular weight is 301 g/mol. The molecule has 1 saturated heterocycles. The largest absolute Gasteiger partial charge is 0.322 e. The number of carbonyl (C=O) groups is 1. The summed E-state index contributed by atoms with van der Waals surface area (Å²) in [7, 11) is 0. The molecule has 1 amide bonds. The molecule has 0 radical (unpaired) electrons. The summed E-state index contributed by atoms with van der Waals surface area (Å²) in [6, 6.07) is 17.5. The highest BCUT2D eigenvalue weighted by Gasteiger charge is 2.18. The Labute approximate surface area is 127 Å². The molecule has 0 spiro atoms. The molecule has 1 aliphatic heterocycles. The number of rotatable bonds is 3. The van der Waals surface area contributed by atoms with E-state index in [1.54, 1.807) is 0 Å². The van der Waals surface area contributed by atoms with Crippen LogP contribution in [-0.2, 0) is 0 Å². The standard InChI is InChI=1S/C16H15NOS2/c18-15(12-5-2-1-3-6-12)17-14-8-4-7-13(11-14)16-19-9-10-20-16/h1-8,11,16H,9-10H2,(H,17,18). The third-order valence-corrected chi connectivity index (χ3v) is 6.18. The highest BCUT2D eigenvalue weighted by molar-refractivity contribution is 8.19. The summed E-state index contributed by atoms with van der Waals surface area (Å²) >= 11 is 3.94. The fourth-order valence-electron chi connectivity index (χ4n) is 2.11. The number of hydrogen-bond acceptors (Lipinski definition) is 3. The van der Waals surface area contributed by atoms with Crippen LogP contribution in [0.25, 0.3) is 0 Å². The van der Waals surface area contributed by atoms with Crippen LogP contribution in [0.15, 0.2) is 54.6 Å². The zero-order valence-corrected chi connectivity index (χ0v) is 12.5. The van der Waals surface area contributed by atoms with E-state index < -0.39 is 0 Å². The van der Waals surface area contributed by atoms with Gasteiger partial charge in [0.05, 0.1) is 4.58 Å². The van der Waals surface area contributed by atoms with E-state index in [1.165, 1.54) is 17.1 Å². The van der Waals surface area contributed by atoms with Crippen LogP contribution in [0.5, 0.6) is 0 Å². The molecule has 4 heteroatoms. The fourth-order valence-corrected chi connectivity index (χ4v) is 4.95. The van der Waals surface area contributed by atoms with E-state index >= 15 is 0 Å². The van der Waals surface area contributed by atoms with Gasteiger partial charge in [-0.1, -0.05) is 30.3 Å². The lowest BCUT2D eigenvalue weighted by Gasteiger charge is -2.11. The van der Waals surface area contributed by atoms with Gasteiger partial charge < -0.3 is 5.32 Å². The van der Waals surface area contributed by atoms with Gasteiger partial charge >= 0.3 is 0 Å². The number of benzene rings is 2. The lowest BCUT2D eigenvalue weighted by molar-refractivity contribution is 0.102. The predicted octanol–water partition coefficient (Wildman–Crippen LogP) is 4.42. The molecule has 0 unspecified atom stereocenters. The molecule has 2 aromatic carbocycles. The summed E-state index contributed by atoms with van der Waals surface area (Å²) in [5.41, 5.74) is 2.83. The summed E-state index contributed by atoms with van der Waals surface area (Å²) < 4.78 is 0.503. The van der Waals surface area contributed by atoms with Crippen molar-refractivity contribution in [3.63, 3.8) is 0 Å². The number of carbonyl (C=O) groups excluding carboxylic acids is 1. The summed E-state index contributed by atoms with van der Waals surface area (Å²) in [4.78, 5) is 12.1. The van der Waals surface area contributed by atoms with Crippen LogP contribution in [0.2, 0.25) is 0 Å². The van der Waals surface area contributed by atoms with Crippen LogP contribution in [0.3, 0.4) is 0 Å². The Morgan fingerprint density at radius 2 is 1.75 bits per heavy atom. The lowest BCUT2D eigenvalue weighted by atomic mass is 10.2. The van der Waals surface area contributed by atoms with Crippen molar-refractivity contribution in [1.29, 1.82) is 0 Å². The number of nitrogens with one attached hydrogen (secondary N) is 1. The first kappa shape index (κ1) is 13.6. The van der Waals surface area contributed by atoms with Gasteiger partial charge in [-0.3, -0.25) is 4.79 Å². The molecular weight excluding hydrogens is 286 g/mol. The molecule has 1 heterocycles. The molecule has 102 valence electrons. The fraction of sp³-hybridized carbons (Fsp3) is 0.188. The Morgan fingerprint density at radius 3 is 2.50 bits per heavy atom. The van der Waals surface area contributed by atoms with Crippen molar-refractivity contribution in [2.24, 2.45) is 0 Å². The number of hydrogen-bond donors (Lipinski definition) is 1. The molecule has 2 nitrogen and oxygen atoms in total. The summed E-state index contributed by atoms with van der Waals surface area (Å²) in [6.45, 7) is 0. The zero-order chi connectivity index (χ0) is 13.8. The van der Waals surface area contributed by atoms with Gasteiger partial charge in [-0.05, 0) is 29.8 Å². The Balaban J connectivity index is 1.74. The molecule has 20 heavy (non-hydrogen) atoms. The maximum Gasteiger partial charge on any atom is 0.255 e. The molecule has 1 aliphatic rings. The third-order valence-electron chi connectivity index (χ3n) is 3.07. The van der Waals surface area contributed by atoms with Gasteiger partial charge in [-0.2, -0.15) is 0 Å².